The number of nitrogens with one attached hydrogen (secondary N) is 1. The van der Waals surface area contributed by atoms with E-state index in [1.54, 1.807) is 32.0 Å². The van der Waals surface area contributed by atoms with Gasteiger partial charge in [-0.1, -0.05) is 62.2 Å². The molecule has 0 radical (unpaired) electrons. The molecule has 3 nitrogen and oxygen atoms in total. The minimum absolute atomic E-state index is 0.0642. The summed E-state index contributed by atoms with van der Waals surface area (Å²) in [6, 6.07) is 12.9. The van der Waals surface area contributed by atoms with Crippen molar-refractivity contribution < 1.29 is 9.53 Å². The molecule has 2 rings (SSSR count). The predicted octanol–water partition coefficient (Wildman–Crippen LogP) is 6.09. The van der Waals surface area contributed by atoms with Crippen LogP contribution in [0.5, 0.6) is 5.75 Å². The molecule has 1 amide bonds. The first kappa shape index (κ1) is 19.6. The first-order valence-electron chi connectivity index (χ1n) is 8.06. The van der Waals surface area contributed by atoms with E-state index in [1.165, 1.54) is 5.56 Å². The Labute approximate surface area is 159 Å². The first-order valence-corrected chi connectivity index (χ1v) is 8.81. The van der Waals surface area contributed by atoms with Crippen LogP contribution in [-0.4, -0.2) is 11.5 Å². The Morgan fingerprint density at radius 2 is 1.56 bits per heavy atom. The number of carbonyl (C=O) groups excluding carboxylic acids is 1. The largest absolute Gasteiger partial charge is 0.478 e. The number of carbonyl (C=O) groups is 1. The number of ether oxygens (including phenoxy) is 1. The number of benzene rings is 2. The van der Waals surface area contributed by atoms with Crippen molar-refractivity contribution in [2.24, 2.45) is 0 Å². The summed E-state index contributed by atoms with van der Waals surface area (Å²) in [5, 5.41) is 3.46. The minimum atomic E-state index is -1.07. The molecule has 0 saturated heterocycles. The van der Waals surface area contributed by atoms with E-state index in [9.17, 15) is 4.79 Å². The number of hydrogen-bond acceptors (Lipinski definition) is 2. The van der Waals surface area contributed by atoms with Crippen LogP contribution in [-0.2, 0) is 10.2 Å². The van der Waals surface area contributed by atoms with E-state index in [4.69, 9.17) is 27.9 Å². The third-order valence-corrected chi connectivity index (χ3v) is 4.66. The minimum Gasteiger partial charge on any atom is -0.478 e. The van der Waals surface area contributed by atoms with Gasteiger partial charge in [-0.3, -0.25) is 4.79 Å². The third kappa shape index (κ3) is 4.90. The second kappa shape index (κ2) is 7.27. The van der Waals surface area contributed by atoms with E-state index in [-0.39, 0.29) is 11.3 Å². The normalized spacial score (nSPS) is 12.0. The molecule has 0 aliphatic heterocycles. The summed E-state index contributed by atoms with van der Waals surface area (Å²) in [5.41, 5.74) is 0.649. The highest BCUT2D eigenvalue weighted by Gasteiger charge is 2.30. The van der Waals surface area contributed by atoms with Gasteiger partial charge in [-0.05, 0) is 49.1 Å². The molecular weight excluding hydrogens is 357 g/mol. The molecule has 0 unspecified atom stereocenters. The first-order chi connectivity index (χ1) is 11.5. The highest BCUT2D eigenvalue weighted by Crippen LogP contribution is 2.31. The van der Waals surface area contributed by atoms with Crippen LogP contribution < -0.4 is 10.1 Å². The van der Waals surface area contributed by atoms with Gasteiger partial charge in [-0.15, -0.1) is 0 Å². The fourth-order valence-corrected chi connectivity index (χ4v) is 2.58. The molecule has 25 heavy (non-hydrogen) atoms. The van der Waals surface area contributed by atoms with Crippen LogP contribution >= 0.6 is 23.2 Å². The SMILES string of the molecule is CC(C)(Oc1ccc(C(C)(C)C)cc1)C(=O)Nc1cccc(Cl)c1Cl. The van der Waals surface area contributed by atoms with Gasteiger partial charge in [-0.2, -0.15) is 0 Å². The zero-order valence-corrected chi connectivity index (χ0v) is 16.6. The smallest absolute Gasteiger partial charge is 0.268 e. The molecule has 1 N–H and O–H groups in total. The summed E-state index contributed by atoms with van der Waals surface area (Å²) in [6.07, 6.45) is 0. The molecule has 0 spiro atoms. The van der Waals surface area contributed by atoms with Gasteiger partial charge < -0.3 is 10.1 Å². The highest BCUT2D eigenvalue weighted by molar-refractivity contribution is 6.44. The number of amides is 1. The molecule has 2 aromatic rings. The van der Waals surface area contributed by atoms with Crippen molar-refractivity contribution in [2.75, 3.05) is 5.32 Å². The number of anilines is 1. The van der Waals surface area contributed by atoms with Gasteiger partial charge in [0.1, 0.15) is 5.75 Å². The Morgan fingerprint density at radius 3 is 2.12 bits per heavy atom. The molecule has 0 atom stereocenters. The summed E-state index contributed by atoms with van der Waals surface area (Å²) < 4.78 is 5.89. The molecule has 0 aromatic heterocycles. The van der Waals surface area contributed by atoms with E-state index in [2.05, 4.69) is 26.1 Å². The summed E-state index contributed by atoms with van der Waals surface area (Å²) >= 11 is 12.1. The standard InChI is InChI=1S/C20H23Cl2NO2/c1-19(2,3)13-9-11-14(12-10-13)25-20(4,5)18(24)23-16-8-6-7-15(21)17(16)22/h6-12H,1-5H3,(H,23,24). The molecule has 0 fully saturated rings. The van der Waals surface area contributed by atoms with Crippen molar-refractivity contribution >= 4 is 34.8 Å². The maximum Gasteiger partial charge on any atom is 0.268 e. The van der Waals surface area contributed by atoms with E-state index in [0.29, 0.717) is 21.5 Å². The van der Waals surface area contributed by atoms with Gasteiger partial charge in [0, 0.05) is 0 Å². The monoisotopic (exact) mass is 379 g/mol. The fourth-order valence-electron chi connectivity index (χ4n) is 2.24. The quantitative estimate of drug-likeness (QED) is 0.697. The molecule has 0 aliphatic rings. The Hall–Kier alpha value is -1.71. The number of rotatable bonds is 4. The molecular formula is C20H23Cl2NO2. The van der Waals surface area contributed by atoms with Gasteiger partial charge in [0.05, 0.1) is 15.7 Å². The molecule has 134 valence electrons. The maximum atomic E-state index is 12.6. The summed E-state index contributed by atoms with van der Waals surface area (Å²) in [4.78, 5) is 12.6. The van der Waals surface area contributed by atoms with Crippen LogP contribution in [0.25, 0.3) is 0 Å². The topological polar surface area (TPSA) is 38.3 Å². The average molecular weight is 380 g/mol. The van der Waals surface area contributed by atoms with Crippen LogP contribution in [0.3, 0.4) is 0 Å². The van der Waals surface area contributed by atoms with Crippen molar-refractivity contribution in [3.8, 4) is 5.75 Å². The lowest BCUT2D eigenvalue weighted by atomic mass is 9.87. The lowest BCUT2D eigenvalue weighted by Gasteiger charge is -2.26. The van der Waals surface area contributed by atoms with Crippen molar-refractivity contribution in [3.63, 3.8) is 0 Å². The van der Waals surface area contributed by atoms with Crippen LogP contribution in [0.2, 0.25) is 10.0 Å². The van der Waals surface area contributed by atoms with E-state index < -0.39 is 5.60 Å². The summed E-state index contributed by atoms with van der Waals surface area (Å²) in [5.74, 6) is 0.321. The van der Waals surface area contributed by atoms with Crippen LogP contribution in [0, 0.1) is 0 Å². The van der Waals surface area contributed by atoms with E-state index in [1.807, 2.05) is 24.3 Å². The fraction of sp³-hybridized carbons (Fsp3) is 0.350. The van der Waals surface area contributed by atoms with Crippen LogP contribution in [0.15, 0.2) is 42.5 Å². The van der Waals surface area contributed by atoms with Crippen LogP contribution in [0.4, 0.5) is 5.69 Å². The van der Waals surface area contributed by atoms with Gasteiger partial charge in [0.25, 0.3) is 5.91 Å². The number of halogens is 2. The number of hydrogen-bond donors (Lipinski definition) is 1. The third-order valence-electron chi connectivity index (χ3n) is 3.84. The Kier molecular flexibility index (Phi) is 5.70. The Morgan fingerprint density at radius 1 is 0.960 bits per heavy atom. The zero-order valence-electron chi connectivity index (χ0n) is 15.1. The second-order valence-corrected chi connectivity index (χ2v) is 8.23. The highest BCUT2D eigenvalue weighted by atomic mass is 35.5. The molecule has 0 saturated carbocycles. The molecule has 5 heteroatoms. The molecule has 0 aliphatic carbocycles. The van der Waals surface area contributed by atoms with Crippen molar-refractivity contribution in [1.29, 1.82) is 0 Å². The molecule has 0 bridgehead atoms. The average Bonchev–Trinajstić information content (AvgIpc) is 2.51. The zero-order chi connectivity index (χ0) is 18.8. The summed E-state index contributed by atoms with van der Waals surface area (Å²) in [6.45, 7) is 9.86. The lowest BCUT2D eigenvalue weighted by molar-refractivity contribution is -0.128. The molecule has 0 heterocycles. The summed E-state index contributed by atoms with van der Waals surface area (Å²) in [7, 11) is 0. The van der Waals surface area contributed by atoms with Crippen molar-refractivity contribution in [2.45, 2.75) is 45.6 Å². The molecule has 2 aromatic carbocycles. The van der Waals surface area contributed by atoms with E-state index in [0.717, 1.165) is 0 Å². The van der Waals surface area contributed by atoms with Gasteiger partial charge in [-0.25, -0.2) is 0 Å². The van der Waals surface area contributed by atoms with Crippen molar-refractivity contribution in [1.82, 2.24) is 0 Å². The van der Waals surface area contributed by atoms with Gasteiger partial charge in [0.2, 0.25) is 0 Å². The lowest BCUT2D eigenvalue weighted by Crippen LogP contribution is -2.42. The predicted molar refractivity (Wildman–Crippen MR) is 105 cm³/mol. The Balaban J connectivity index is 2.12. The van der Waals surface area contributed by atoms with Gasteiger partial charge >= 0.3 is 0 Å². The van der Waals surface area contributed by atoms with Crippen LogP contribution in [0.1, 0.15) is 40.2 Å². The van der Waals surface area contributed by atoms with Gasteiger partial charge in [0.15, 0.2) is 5.60 Å². The van der Waals surface area contributed by atoms with E-state index >= 15 is 0 Å². The second-order valence-electron chi connectivity index (χ2n) is 7.44. The maximum absolute atomic E-state index is 12.6. The van der Waals surface area contributed by atoms with Crippen molar-refractivity contribution in [3.05, 3.63) is 58.1 Å². The Bertz CT molecular complexity index is 762.